The molecule has 21 heavy (non-hydrogen) atoms. The topological polar surface area (TPSA) is 80.5 Å². The third-order valence-corrected chi connectivity index (χ3v) is 5.42. The van der Waals surface area contributed by atoms with Gasteiger partial charge in [-0.1, -0.05) is 18.1 Å². The lowest BCUT2D eigenvalue weighted by Gasteiger charge is -2.20. The zero-order valence-electron chi connectivity index (χ0n) is 11.7. The second kappa shape index (κ2) is 5.84. The minimum Gasteiger partial charge on any atom is -0.258 e. The van der Waals surface area contributed by atoms with Crippen LogP contribution in [-0.4, -0.2) is 30.7 Å². The minimum absolute atomic E-state index is 0.0790. The van der Waals surface area contributed by atoms with Crippen LogP contribution in [0.2, 0.25) is 0 Å². The van der Waals surface area contributed by atoms with E-state index in [1.165, 1.54) is 16.4 Å². The maximum Gasteiger partial charge on any atom is 0.289 e. The SMILES string of the molecule is C#CCN(CC1CC1)S(=O)(=O)c1c(C)cccc1[N+](=O)[O-]. The lowest BCUT2D eigenvalue weighted by atomic mass is 10.2. The zero-order valence-corrected chi connectivity index (χ0v) is 12.5. The van der Waals surface area contributed by atoms with Crippen molar-refractivity contribution in [3.8, 4) is 12.3 Å². The van der Waals surface area contributed by atoms with Gasteiger partial charge in [0.15, 0.2) is 4.90 Å². The van der Waals surface area contributed by atoms with Gasteiger partial charge in [0.25, 0.3) is 15.7 Å². The van der Waals surface area contributed by atoms with Crippen molar-refractivity contribution >= 4 is 15.7 Å². The smallest absolute Gasteiger partial charge is 0.258 e. The van der Waals surface area contributed by atoms with Crippen molar-refractivity contribution in [2.45, 2.75) is 24.7 Å². The van der Waals surface area contributed by atoms with E-state index in [-0.39, 0.29) is 11.4 Å². The normalized spacial score (nSPS) is 14.9. The van der Waals surface area contributed by atoms with Gasteiger partial charge in [0.2, 0.25) is 0 Å². The molecule has 0 unspecified atom stereocenters. The van der Waals surface area contributed by atoms with E-state index in [1.54, 1.807) is 13.0 Å². The Bertz CT molecular complexity index is 702. The van der Waals surface area contributed by atoms with Gasteiger partial charge in [-0.3, -0.25) is 10.1 Å². The van der Waals surface area contributed by atoms with Crippen LogP contribution in [0.15, 0.2) is 23.1 Å². The van der Waals surface area contributed by atoms with Crippen LogP contribution < -0.4 is 0 Å². The van der Waals surface area contributed by atoms with Gasteiger partial charge < -0.3 is 0 Å². The van der Waals surface area contributed by atoms with Crippen molar-refractivity contribution < 1.29 is 13.3 Å². The van der Waals surface area contributed by atoms with Crippen LogP contribution in [0.1, 0.15) is 18.4 Å². The molecule has 1 aromatic rings. The molecule has 1 aliphatic carbocycles. The summed E-state index contributed by atoms with van der Waals surface area (Å²) < 4.78 is 26.7. The van der Waals surface area contributed by atoms with Crippen molar-refractivity contribution in [3.05, 3.63) is 33.9 Å². The maximum atomic E-state index is 12.8. The molecule has 1 aromatic carbocycles. The fraction of sp³-hybridized carbons (Fsp3) is 0.429. The summed E-state index contributed by atoms with van der Waals surface area (Å²) >= 11 is 0. The van der Waals surface area contributed by atoms with Crippen LogP contribution in [0.5, 0.6) is 0 Å². The predicted molar refractivity (Wildman–Crippen MR) is 78.1 cm³/mol. The number of hydrogen-bond acceptors (Lipinski definition) is 4. The van der Waals surface area contributed by atoms with E-state index in [1.807, 2.05) is 0 Å². The number of nitrogens with zero attached hydrogens (tertiary/aromatic N) is 2. The van der Waals surface area contributed by atoms with Gasteiger partial charge in [-0.25, -0.2) is 8.42 Å². The zero-order chi connectivity index (χ0) is 15.6. The molecule has 1 fully saturated rings. The Morgan fingerprint density at radius 2 is 2.14 bits per heavy atom. The molecule has 2 rings (SSSR count). The molecule has 0 aliphatic heterocycles. The summed E-state index contributed by atoms with van der Waals surface area (Å²) in [6.45, 7) is 1.79. The van der Waals surface area contributed by atoms with E-state index in [0.717, 1.165) is 12.8 Å². The maximum absolute atomic E-state index is 12.8. The molecule has 6 nitrogen and oxygen atoms in total. The first-order valence-electron chi connectivity index (χ1n) is 6.55. The molecule has 0 bridgehead atoms. The number of hydrogen-bond donors (Lipinski definition) is 0. The Hall–Kier alpha value is -1.91. The van der Waals surface area contributed by atoms with Crippen molar-refractivity contribution in [1.29, 1.82) is 0 Å². The third-order valence-electron chi connectivity index (χ3n) is 3.41. The van der Waals surface area contributed by atoms with Crippen LogP contribution in [0, 0.1) is 35.3 Å². The monoisotopic (exact) mass is 308 g/mol. The summed E-state index contributed by atoms with van der Waals surface area (Å²) in [6, 6.07) is 4.22. The van der Waals surface area contributed by atoms with Gasteiger partial charge >= 0.3 is 0 Å². The van der Waals surface area contributed by atoms with Gasteiger partial charge in [-0.15, -0.1) is 6.42 Å². The lowest BCUT2D eigenvalue weighted by molar-refractivity contribution is -0.387. The number of nitro benzene ring substituents is 1. The summed E-state index contributed by atoms with van der Waals surface area (Å²) in [6.07, 6.45) is 7.18. The number of aryl methyl sites for hydroxylation is 1. The number of sulfonamides is 1. The van der Waals surface area contributed by atoms with Crippen LogP contribution in [-0.2, 0) is 10.0 Å². The van der Waals surface area contributed by atoms with Crippen LogP contribution in [0.4, 0.5) is 5.69 Å². The van der Waals surface area contributed by atoms with E-state index in [2.05, 4.69) is 5.92 Å². The van der Waals surface area contributed by atoms with Gasteiger partial charge in [-0.2, -0.15) is 4.31 Å². The molecule has 0 heterocycles. The molecule has 1 aliphatic rings. The van der Waals surface area contributed by atoms with E-state index in [4.69, 9.17) is 6.42 Å². The summed E-state index contributed by atoms with van der Waals surface area (Å²) in [5.41, 5.74) is -0.0603. The molecular weight excluding hydrogens is 292 g/mol. The van der Waals surface area contributed by atoms with Crippen molar-refractivity contribution in [1.82, 2.24) is 4.31 Å². The van der Waals surface area contributed by atoms with Gasteiger partial charge in [-0.05, 0) is 31.2 Å². The molecule has 0 amide bonds. The molecule has 1 saturated carbocycles. The Balaban J connectivity index is 2.51. The Kier molecular flexibility index (Phi) is 4.30. The van der Waals surface area contributed by atoms with Gasteiger partial charge in [0.1, 0.15) is 0 Å². The second-order valence-corrected chi connectivity index (χ2v) is 7.00. The predicted octanol–water partition coefficient (Wildman–Crippen LogP) is 1.94. The second-order valence-electron chi connectivity index (χ2n) is 5.13. The summed E-state index contributed by atoms with van der Waals surface area (Å²) in [5.74, 6) is 2.62. The van der Waals surface area contributed by atoms with E-state index in [9.17, 15) is 18.5 Å². The number of rotatable bonds is 6. The van der Waals surface area contributed by atoms with Crippen molar-refractivity contribution in [2.24, 2.45) is 5.92 Å². The molecule has 0 atom stereocenters. The molecule has 0 N–H and O–H groups in total. The highest BCUT2D eigenvalue weighted by Gasteiger charge is 2.36. The molecule has 7 heteroatoms. The first-order valence-corrected chi connectivity index (χ1v) is 7.99. The van der Waals surface area contributed by atoms with Gasteiger partial charge in [0.05, 0.1) is 11.5 Å². The highest BCUT2D eigenvalue weighted by atomic mass is 32.2. The Labute approximate surface area is 124 Å². The standard InChI is InChI=1S/C14H16N2O4S/c1-3-9-15(10-12-7-8-12)21(19,20)14-11(2)5-4-6-13(14)16(17)18/h1,4-6,12H,7-10H2,2H3. The molecule has 0 saturated heterocycles. The largest absolute Gasteiger partial charge is 0.289 e. The number of benzene rings is 1. The molecule has 0 radical (unpaired) electrons. The van der Waals surface area contributed by atoms with Crippen LogP contribution in [0.25, 0.3) is 0 Å². The fourth-order valence-electron chi connectivity index (χ4n) is 2.18. The minimum atomic E-state index is -3.98. The van der Waals surface area contributed by atoms with E-state index < -0.39 is 20.6 Å². The Morgan fingerprint density at radius 1 is 1.48 bits per heavy atom. The highest BCUT2D eigenvalue weighted by molar-refractivity contribution is 7.89. The highest BCUT2D eigenvalue weighted by Crippen LogP contribution is 2.34. The first kappa shape index (κ1) is 15.5. The molecule has 0 spiro atoms. The summed E-state index contributed by atoms with van der Waals surface area (Å²) in [7, 11) is -3.98. The average Bonchev–Trinajstić information content (AvgIpc) is 3.21. The third kappa shape index (κ3) is 3.23. The number of terminal acetylenes is 1. The molecular formula is C14H16N2O4S. The van der Waals surface area contributed by atoms with Crippen LogP contribution >= 0.6 is 0 Å². The van der Waals surface area contributed by atoms with E-state index >= 15 is 0 Å². The molecule has 0 aromatic heterocycles. The summed E-state index contributed by atoms with van der Waals surface area (Å²) in [5, 5.41) is 11.1. The van der Waals surface area contributed by atoms with Crippen LogP contribution in [0.3, 0.4) is 0 Å². The lowest BCUT2D eigenvalue weighted by Crippen LogP contribution is -2.34. The molecule has 112 valence electrons. The Morgan fingerprint density at radius 3 is 2.67 bits per heavy atom. The van der Waals surface area contributed by atoms with Crippen molar-refractivity contribution in [2.75, 3.05) is 13.1 Å². The number of nitro groups is 1. The quantitative estimate of drug-likeness (QED) is 0.457. The van der Waals surface area contributed by atoms with Crippen molar-refractivity contribution in [3.63, 3.8) is 0 Å². The summed E-state index contributed by atoms with van der Waals surface area (Å²) in [4.78, 5) is 10.2. The average molecular weight is 308 g/mol. The van der Waals surface area contributed by atoms with E-state index in [0.29, 0.717) is 18.0 Å². The first-order chi connectivity index (χ1) is 9.87. The van der Waals surface area contributed by atoms with Gasteiger partial charge in [0, 0.05) is 12.6 Å². The fourth-order valence-corrected chi connectivity index (χ4v) is 3.97.